The van der Waals surface area contributed by atoms with Crippen molar-refractivity contribution in [3.05, 3.63) is 65.5 Å². The van der Waals surface area contributed by atoms with Gasteiger partial charge < -0.3 is 10.8 Å². The molecule has 0 aliphatic carbocycles. The van der Waals surface area contributed by atoms with Crippen LogP contribution in [0.3, 0.4) is 0 Å². The normalized spacial score (nSPS) is 13.9. The molecule has 0 aliphatic heterocycles. The molecule has 0 radical (unpaired) electrons. The second-order valence-electron chi connectivity index (χ2n) is 5.16. The molecule has 0 spiro atoms. The van der Waals surface area contributed by atoms with Crippen molar-refractivity contribution in [1.29, 1.82) is 0 Å². The first-order valence-electron chi connectivity index (χ1n) is 7.05. The van der Waals surface area contributed by atoms with Gasteiger partial charge in [-0.15, -0.1) is 0 Å². The predicted octanol–water partition coefficient (Wildman–Crippen LogP) is 2.43. The van der Waals surface area contributed by atoms with Gasteiger partial charge in [0, 0.05) is 24.9 Å². The first kappa shape index (κ1) is 14.7. The number of pyridine rings is 1. The van der Waals surface area contributed by atoms with Crippen molar-refractivity contribution in [3.63, 3.8) is 0 Å². The van der Waals surface area contributed by atoms with Crippen molar-refractivity contribution in [2.75, 3.05) is 6.54 Å². The largest absolute Gasteiger partial charge is 0.392 e. The van der Waals surface area contributed by atoms with Gasteiger partial charge in [-0.25, -0.2) is 0 Å². The zero-order valence-corrected chi connectivity index (χ0v) is 11.9. The summed E-state index contributed by atoms with van der Waals surface area (Å²) in [5.74, 6) is -0.0484. The van der Waals surface area contributed by atoms with E-state index in [0.29, 0.717) is 13.0 Å². The van der Waals surface area contributed by atoms with Gasteiger partial charge in [-0.1, -0.05) is 30.3 Å². The van der Waals surface area contributed by atoms with Gasteiger partial charge in [0.1, 0.15) is 0 Å². The Bertz CT molecular complexity index is 528. The third-order valence-electron chi connectivity index (χ3n) is 3.80. The maximum Gasteiger partial charge on any atom is 0.0624 e. The Hall–Kier alpha value is -1.71. The SMILES string of the molecule is Cc1ccccc1CCC(O)C(CN)c1cccnc1. The van der Waals surface area contributed by atoms with E-state index in [1.54, 1.807) is 12.4 Å². The van der Waals surface area contributed by atoms with E-state index < -0.39 is 6.10 Å². The van der Waals surface area contributed by atoms with Crippen LogP contribution in [0, 0.1) is 6.92 Å². The first-order chi connectivity index (χ1) is 9.72. The van der Waals surface area contributed by atoms with E-state index in [9.17, 15) is 5.11 Å². The molecule has 20 heavy (non-hydrogen) atoms. The summed E-state index contributed by atoms with van der Waals surface area (Å²) in [7, 11) is 0. The van der Waals surface area contributed by atoms with E-state index in [2.05, 4.69) is 24.0 Å². The molecule has 2 rings (SSSR count). The molecule has 3 nitrogen and oxygen atoms in total. The molecular formula is C17H22N2O. The van der Waals surface area contributed by atoms with Crippen molar-refractivity contribution in [2.24, 2.45) is 5.73 Å². The average molecular weight is 270 g/mol. The van der Waals surface area contributed by atoms with Crippen LogP contribution in [0.15, 0.2) is 48.8 Å². The highest BCUT2D eigenvalue weighted by molar-refractivity contribution is 5.26. The third kappa shape index (κ3) is 3.65. The van der Waals surface area contributed by atoms with Gasteiger partial charge in [-0.2, -0.15) is 0 Å². The van der Waals surface area contributed by atoms with Gasteiger partial charge >= 0.3 is 0 Å². The van der Waals surface area contributed by atoms with Crippen LogP contribution in [0.5, 0.6) is 0 Å². The second-order valence-corrected chi connectivity index (χ2v) is 5.16. The van der Waals surface area contributed by atoms with Gasteiger partial charge in [0.25, 0.3) is 0 Å². The topological polar surface area (TPSA) is 59.1 Å². The molecule has 106 valence electrons. The summed E-state index contributed by atoms with van der Waals surface area (Å²) in [4.78, 5) is 4.10. The van der Waals surface area contributed by atoms with Crippen LogP contribution in [0.2, 0.25) is 0 Å². The molecule has 1 aromatic carbocycles. The molecule has 2 atom stereocenters. The fourth-order valence-corrected chi connectivity index (χ4v) is 2.51. The van der Waals surface area contributed by atoms with Crippen LogP contribution in [-0.2, 0) is 6.42 Å². The molecule has 3 N–H and O–H groups in total. The Morgan fingerprint density at radius 2 is 2.00 bits per heavy atom. The molecule has 0 aliphatic rings. The van der Waals surface area contributed by atoms with Crippen LogP contribution in [0.1, 0.15) is 29.0 Å². The summed E-state index contributed by atoms with van der Waals surface area (Å²) in [6.45, 7) is 2.53. The smallest absolute Gasteiger partial charge is 0.0624 e. The van der Waals surface area contributed by atoms with Crippen molar-refractivity contribution in [1.82, 2.24) is 4.98 Å². The van der Waals surface area contributed by atoms with Crippen molar-refractivity contribution < 1.29 is 5.11 Å². The number of hydrogen-bond acceptors (Lipinski definition) is 3. The predicted molar refractivity (Wildman–Crippen MR) is 81.5 cm³/mol. The third-order valence-corrected chi connectivity index (χ3v) is 3.80. The quantitative estimate of drug-likeness (QED) is 0.847. The number of aromatic nitrogens is 1. The van der Waals surface area contributed by atoms with Gasteiger partial charge in [0.2, 0.25) is 0 Å². The Labute approximate surface area is 120 Å². The summed E-state index contributed by atoms with van der Waals surface area (Å²) in [5, 5.41) is 10.4. The Morgan fingerprint density at radius 3 is 2.65 bits per heavy atom. The molecule has 3 heteroatoms. The standard InChI is InChI=1S/C17H22N2O/c1-13-5-2-3-6-14(13)8-9-17(20)16(11-18)15-7-4-10-19-12-15/h2-7,10,12,16-17,20H,8-9,11,18H2,1H3. The lowest BCUT2D eigenvalue weighted by molar-refractivity contribution is 0.136. The van der Waals surface area contributed by atoms with E-state index >= 15 is 0 Å². The van der Waals surface area contributed by atoms with E-state index in [4.69, 9.17) is 5.73 Å². The monoisotopic (exact) mass is 270 g/mol. The molecular weight excluding hydrogens is 248 g/mol. The molecule has 0 bridgehead atoms. The molecule has 0 fully saturated rings. The van der Waals surface area contributed by atoms with Crippen molar-refractivity contribution >= 4 is 0 Å². The minimum Gasteiger partial charge on any atom is -0.392 e. The van der Waals surface area contributed by atoms with E-state index in [1.165, 1.54) is 11.1 Å². The van der Waals surface area contributed by atoms with Gasteiger partial charge in [0.05, 0.1) is 6.10 Å². The zero-order valence-electron chi connectivity index (χ0n) is 11.9. The summed E-state index contributed by atoms with van der Waals surface area (Å²) < 4.78 is 0. The van der Waals surface area contributed by atoms with E-state index in [-0.39, 0.29) is 5.92 Å². The number of hydrogen-bond donors (Lipinski definition) is 2. The highest BCUT2D eigenvalue weighted by Crippen LogP contribution is 2.22. The highest BCUT2D eigenvalue weighted by atomic mass is 16.3. The van der Waals surface area contributed by atoms with E-state index in [1.807, 2.05) is 24.3 Å². The number of aryl methyl sites for hydroxylation is 2. The lowest BCUT2D eigenvalue weighted by Gasteiger charge is -2.21. The fraction of sp³-hybridized carbons (Fsp3) is 0.353. The summed E-state index contributed by atoms with van der Waals surface area (Å²) in [5.41, 5.74) is 9.38. The maximum atomic E-state index is 10.4. The molecule has 1 heterocycles. The minimum atomic E-state index is -0.441. The maximum absolute atomic E-state index is 10.4. The Kier molecular flexibility index (Phi) is 5.27. The lowest BCUT2D eigenvalue weighted by Crippen LogP contribution is -2.26. The number of benzene rings is 1. The number of nitrogens with zero attached hydrogens (tertiary/aromatic N) is 1. The van der Waals surface area contributed by atoms with Crippen molar-refractivity contribution in [3.8, 4) is 0 Å². The van der Waals surface area contributed by atoms with Crippen LogP contribution >= 0.6 is 0 Å². The van der Waals surface area contributed by atoms with Gasteiger partial charge in [-0.05, 0) is 42.5 Å². The summed E-state index contributed by atoms with van der Waals surface area (Å²) >= 11 is 0. The highest BCUT2D eigenvalue weighted by Gasteiger charge is 2.19. The lowest BCUT2D eigenvalue weighted by atomic mass is 9.90. The number of rotatable bonds is 6. The number of nitrogens with two attached hydrogens (primary N) is 1. The summed E-state index contributed by atoms with van der Waals surface area (Å²) in [6, 6.07) is 12.1. The first-order valence-corrected chi connectivity index (χ1v) is 7.05. The van der Waals surface area contributed by atoms with Crippen LogP contribution < -0.4 is 5.73 Å². The second kappa shape index (κ2) is 7.17. The Balaban J connectivity index is 2.00. The molecule has 1 aromatic heterocycles. The summed E-state index contributed by atoms with van der Waals surface area (Å²) in [6.07, 6.45) is 4.65. The van der Waals surface area contributed by atoms with Crippen LogP contribution in [0.4, 0.5) is 0 Å². The molecule has 2 aromatic rings. The van der Waals surface area contributed by atoms with Gasteiger partial charge in [-0.3, -0.25) is 4.98 Å². The molecule has 2 unspecified atom stereocenters. The van der Waals surface area contributed by atoms with E-state index in [0.717, 1.165) is 12.0 Å². The Morgan fingerprint density at radius 1 is 1.20 bits per heavy atom. The molecule has 0 saturated heterocycles. The van der Waals surface area contributed by atoms with Crippen molar-refractivity contribution in [2.45, 2.75) is 31.8 Å². The fourth-order valence-electron chi connectivity index (χ4n) is 2.51. The number of aliphatic hydroxyl groups is 1. The number of aliphatic hydroxyl groups excluding tert-OH is 1. The zero-order chi connectivity index (χ0) is 14.4. The minimum absolute atomic E-state index is 0.0484. The van der Waals surface area contributed by atoms with Gasteiger partial charge in [0.15, 0.2) is 0 Å². The average Bonchev–Trinajstić information content (AvgIpc) is 2.48. The molecule has 0 amide bonds. The molecule has 0 saturated carbocycles. The van der Waals surface area contributed by atoms with Crippen LogP contribution in [-0.4, -0.2) is 22.7 Å². The van der Waals surface area contributed by atoms with Crippen LogP contribution in [0.25, 0.3) is 0 Å².